The van der Waals surface area contributed by atoms with Crippen molar-refractivity contribution in [3.8, 4) is 0 Å². The molecule has 1 aliphatic heterocycles. The Morgan fingerprint density at radius 2 is 1.79 bits per heavy atom. The fourth-order valence-corrected chi connectivity index (χ4v) is 5.00. The van der Waals surface area contributed by atoms with E-state index >= 15 is 0 Å². The van der Waals surface area contributed by atoms with E-state index in [1.165, 1.54) is 12.1 Å². The fraction of sp³-hybridized carbons (Fsp3) is 0.440. The summed E-state index contributed by atoms with van der Waals surface area (Å²) in [6.07, 6.45) is 4.13. The predicted octanol–water partition coefficient (Wildman–Crippen LogP) is 4.15. The molecule has 0 spiro atoms. The first kappa shape index (κ1) is 24.9. The van der Waals surface area contributed by atoms with E-state index in [4.69, 9.17) is 0 Å². The van der Waals surface area contributed by atoms with E-state index in [1.807, 2.05) is 32.0 Å². The highest BCUT2D eigenvalue weighted by Gasteiger charge is 2.35. The molecule has 1 fully saturated rings. The van der Waals surface area contributed by atoms with Crippen molar-refractivity contribution in [1.29, 1.82) is 0 Å². The van der Waals surface area contributed by atoms with Gasteiger partial charge in [-0.1, -0.05) is 38.3 Å². The summed E-state index contributed by atoms with van der Waals surface area (Å²) in [5.74, 6) is -0.790. The van der Waals surface area contributed by atoms with E-state index in [0.717, 1.165) is 42.5 Å². The zero-order valence-corrected chi connectivity index (χ0v) is 20.4. The number of amides is 2. The second-order valence-corrected chi connectivity index (χ2v) is 10.4. The maximum atomic E-state index is 12.8. The van der Waals surface area contributed by atoms with Gasteiger partial charge >= 0.3 is 0 Å². The molecule has 2 aromatic rings. The summed E-state index contributed by atoms with van der Waals surface area (Å²) in [6, 6.07) is 12.0. The zero-order valence-electron chi connectivity index (χ0n) is 19.6. The number of nitrogens with one attached hydrogen (secondary N) is 2. The molecule has 0 bridgehead atoms. The smallest absolute Gasteiger partial charge is 0.240 e. The Morgan fingerprint density at radius 1 is 1.06 bits per heavy atom. The first-order chi connectivity index (χ1) is 15.7. The van der Waals surface area contributed by atoms with E-state index in [2.05, 4.69) is 17.0 Å². The lowest BCUT2D eigenvalue weighted by atomic mass is 10.1. The molecule has 8 heteroatoms. The molecular weight excluding hydrogens is 438 g/mol. The van der Waals surface area contributed by atoms with E-state index < -0.39 is 15.9 Å². The van der Waals surface area contributed by atoms with Gasteiger partial charge in [0.15, 0.2) is 0 Å². The van der Waals surface area contributed by atoms with Crippen LogP contribution in [0.3, 0.4) is 0 Å². The molecule has 33 heavy (non-hydrogen) atoms. The lowest BCUT2D eigenvalue weighted by Gasteiger charge is -2.19. The summed E-state index contributed by atoms with van der Waals surface area (Å²) < 4.78 is 27.5. The van der Waals surface area contributed by atoms with Gasteiger partial charge < -0.3 is 10.2 Å². The van der Waals surface area contributed by atoms with Gasteiger partial charge in [0.1, 0.15) is 0 Å². The molecule has 1 aliphatic rings. The van der Waals surface area contributed by atoms with Gasteiger partial charge in [0, 0.05) is 30.9 Å². The topological polar surface area (TPSA) is 95.6 Å². The van der Waals surface area contributed by atoms with Crippen molar-refractivity contribution in [2.45, 2.75) is 57.8 Å². The maximum Gasteiger partial charge on any atom is 0.240 e. The number of carbonyl (C=O) groups excluding carboxylic acids is 2. The van der Waals surface area contributed by atoms with E-state index in [1.54, 1.807) is 17.0 Å². The highest BCUT2D eigenvalue weighted by molar-refractivity contribution is 7.89. The first-order valence-electron chi connectivity index (χ1n) is 11.5. The number of hydrogen-bond acceptors (Lipinski definition) is 4. The summed E-state index contributed by atoms with van der Waals surface area (Å²) in [6.45, 7) is 6.76. The summed E-state index contributed by atoms with van der Waals surface area (Å²) in [7, 11) is -3.58. The average Bonchev–Trinajstić information content (AvgIpc) is 3.17. The Kier molecular flexibility index (Phi) is 8.26. The molecule has 0 aliphatic carbocycles. The van der Waals surface area contributed by atoms with Crippen LogP contribution in [0.25, 0.3) is 0 Å². The van der Waals surface area contributed by atoms with Crippen LogP contribution in [0, 0.1) is 19.8 Å². The molecule has 3 rings (SSSR count). The van der Waals surface area contributed by atoms with Crippen molar-refractivity contribution >= 4 is 33.2 Å². The number of hydrogen-bond donors (Lipinski definition) is 2. The van der Waals surface area contributed by atoms with Crippen molar-refractivity contribution in [2.24, 2.45) is 5.92 Å². The van der Waals surface area contributed by atoms with Crippen LogP contribution in [-0.4, -0.2) is 33.3 Å². The number of aryl methyl sites for hydroxylation is 2. The zero-order chi connectivity index (χ0) is 24.0. The number of carbonyl (C=O) groups is 2. The summed E-state index contributed by atoms with van der Waals surface area (Å²) in [5, 5.41) is 2.81. The van der Waals surface area contributed by atoms with Crippen LogP contribution >= 0.6 is 0 Å². The minimum absolute atomic E-state index is 0.0738. The Bertz CT molecular complexity index is 1100. The third-order valence-corrected chi connectivity index (χ3v) is 7.38. The molecule has 1 unspecified atom stereocenters. The quantitative estimate of drug-likeness (QED) is 0.509. The molecule has 2 amide bonds. The summed E-state index contributed by atoms with van der Waals surface area (Å²) in [5.41, 5.74) is 3.39. The fourth-order valence-electron chi connectivity index (χ4n) is 3.93. The van der Waals surface area contributed by atoms with Crippen molar-refractivity contribution in [3.05, 3.63) is 53.6 Å². The van der Waals surface area contributed by atoms with Crippen molar-refractivity contribution in [3.63, 3.8) is 0 Å². The van der Waals surface area contributed by atoms with Crippen LogP contribution in [0.15, 0.2) is 47.4 Å². The predicted molar refractivity (Wildman–Crippen MR) is 131 cm³/mol. The SMILES string of the molecule is CCCCCCNS(=O)(=O)c1ccc(NC(=O)C2CC(=O)N(c3cc(C)ccc3C)C2)cc1. The minimum Gasteiger partial charge on any atom is -0.326 e. The molecule has 1 saturated heterocycles. The van der Waals surface area contributed by atoms with Crippen LogP contribution < -0.4 is 14.9 Å². The molecular formula is C25H33N3O4S. The first-order valence-corrected chi connectivity index (χ1v) is 13.0. The van der Waals surface area contributed by atoms with Crippen LogP contribution in [0.2, 0.25) is 0 Å². The molecule has 0 aromatic heterocycles. The normalized spacial score (nSPS) is 16.3. The maximum absolute atomic E-state index is 12.8. The highest BCUT2D eigenvalue weighted by atomic mass is 32.2. The van der Waals surface area contributed by atoms with Gasteiger partial charge in [-0.05, 0) is 61.7 Å². The monoisotopic (exact) mass is 471 g/mol. The lowest BCUT2D eigenvalue weighted by Crippen LogP contribution is -2.28. The van der Waals surface area contributed by atoms with Gasteiger partial charge in [0.05, 0.1) is 10.8 Å². The molecule has 0 radical (unpaired) electrons. The van der Waals surface area contributed by atoms with Crippen LogP contribution in [0.4, 0.5) is 11.4 Å². The average molecular weight is 472 g/mol. The highest BCUT2D eigenvalue weighted by Crippen LogP contribution is 2.29. The Balaban J connectivity index is 1.58. The largest absolute Gasteiger partial charge is 0.326 e. The number of unbranched alkanes of at least 4 members (excludes halogenated alkanes) is 3. The molecule has 7 nitrogen and oxygen atoms in total. The molecule has 178 valence electrons. The lowest BCUT2D eigenvalue weighted by molar-refractivity contribution is -0.122. The van der Waals surface area contributed by atoms with Crippen LogP contribution in [0.1, 0.15) is 50.2 Å². The Morgan fingerprint density at radius 3 is 2.48 bits per heavy atom. The summed E-state index contributed by atoms with van der Waals surface area (Å²) in [4.78, 5) is 27.2. The number of sulfonamides is 1. The van der Waals surface area contributed by atoms with Crippen LogP contribution in [0.5, 0.6) is 0 Å². The van der Waals surface area contributed by atoms with Gasteiger partial charge in [-0.15, -0.1) is 0 Å². The minimum atomic E-state index is -3.58. The summed E-state index contributed by atoms with van der Waals surface area (Å²) >= 11 is 0. The second kappa shape index (κ2) is 10.9. The van der Waals surface area contributed by atoms with Crippen molar-refractivity contribution in [2.75, 3.05) is 23.3 Å². The number of nitrogens with zero attached hydrogens (tertiary/aromatic N) is 1. The van der Waals surface area contributed by atoms with E-state index in [0.29, 0.717) is 18.8 Å². The number of rotatable bonds is 10. The van der Waals surface area contributed by atoms with Gasteiger partial charge in [0.25, 0.3) is 0 Å². The Hall–Kier alpha value is -2.71. The standard InChI is InChI=1S/C25H33N3O4S/c1-4-5-6-7-14-26-33(31,32)22-12-10-21(11-13-22)27-25(30)20-16-24(29)28(17-20)23-15-18(2)8-9-19(23)3/h8-13,15,20,26H,4-7,14,16-17H2,1-3H3,(H,27,30). The second-order valence-electron chi connectivity index (χ2n) is 8.67. The number of benzene rings is 2. The van der Waals surface area contributed by atoms with Crippen LogP contribution in [-0.2, 0) is 19.6 Å². The van der Waals surface area contributed by atoms with Gasteiger partial charge in [-0.2, -0.15) is 0 Å². The van der Waals surface area contributed by atoms with E-state index in [9.17, 15) is 18.0 Å². The third-order valence-electron chi connectivity index (χ3n) is 5.91. The molecule has 1 heterocycles. The van der Waals surface area contributed by atoms with Gasteiger partial charge in [-0.25, -0.2) is 13.1 Å². The van der Waals surface area contributed by atoms with Crippen molar-refractivity contribution in [1.82, 2.24) is 4.72 Å². The van der Waals surface area contributed by atoms with E-state index in [-0.39, 0.29) is 23.1 Å². The molecule has 2 aromatic carbocycles. The molecule has 2 N–H and O–H groups in total. The molecule has 0 saturated carbocycles. The molecule has 1 atom stereocenters. The van der Waals surface area contributed by atoms with Crippen molar-refractivity contribution < 1.29 is 18.0 Å². The van der Waals surface area contributed by atoms with Gasteiger partial charge in [0.2, 0.25) is 21.8 Å². The Labute approximate surface area is 196 Å². The number of anilines is 2. The van der Waals surface area contributed by atoms with Gasteiger partial charge in [-0.3, -0.25) is 9.59 Å². The third kappa shape index (κ3) is 6.42.